The van der Waals surface area contributed by atoms with Crippen molar-refractivity contribution >= 4 is 23.3 Å². The van der Waals surface area contributed by atoms with Gasteiger partial charge in [-0.05, 0) is 19.1 Å². The van der Waals surface area contributed by atoms with Crippen LogP contribution < -0.4 is 5.32 Å². The van der Waals surface area contributed by atoms with E-state index in [-0.39, 0.29) is 18.8 Å². The number of anilines is 1. The summed E-state index contributed by atoms with van der Waals surface area (Å²) >= 11 is 0. The van der Waals surface area contributed by atoms with Crippen LogP contribution in [-0.4, -0.2) is 24.3 Å². The molecular formula is C13H15NO4. The number of hydrogen-bond donors (Lipinski definition) is 1. The molecule has 1 aromatic carbocycles. The van der Waals surface area contributed by atoms with Gasteiger partial charge in [-0.2, -0.15) is 0 Å². The van der Waals surface area contributed by atoms with Crippen molar-refractivity contribution in [3.63, 3.8) is 0 Å². The van der Waals surface area contributed by atoms with Crippen LogP contribution in [0.5, 0.6) is 0 Å². The number of esters is 1. The molecule has 0 aliphatic heterocycles. The summed E-state index contributed by atoms with van der Waals surface area (Å²) in [5, 5.41) is 2.53. The number of hydrogen-bond acceptors (Lipinski definition) is 4. The van der Waals surface area contributed by atoms with E-state index >= 15 is 0 Å². The molecule has 1 rings (SSSR count). The number of benzene rings is 1. The number of para-hydroxylation sites is 1. The number of ketones is 1. The minimum absolute atomic E-state index is 0.142. The molecule has 0 atom stereocenters. The van der Waals surface area contributed by atoms with Crippen LogP contribution in [0.2, 0.25) is 0 Å². The van der Waals surface area contributed by atoms with Crippen molar-refractivity contribution in [1.29, 1.82) is 0 Å². The van der Waals surface area contributed by atoms with Crippen molar-refractivity contribution < 1.29 is 19.1 Å². The Kier molecular flexibility index (Phi) is 5.05. The van der Waals surface area contributed by atoms with Gasteiger partial charge in [0, 0.05) is 12.0 Å². The molecule has 5 heteroatoms. The van der Waals surface area contributed by atoms with E-state index in [1.165, 1.54) is 6.92 Å². The minimum Gasteiger partial charge on any atom is -0.456 e. The van der Waals surface area contributed by atoms with Gasteiger partial charge < -0.3 is 10.1 Å². The molecule has 1 amide bonds. The number of nitrogens with one attached hydrogen (secondary N) is 1. The van der Waals surface area contributed by atoms with Crippen molar-refractivity contribution in [2.75, 3.05) is 11.9 Å². The molecule has 0 saturated heterocycles. The van der Waals surface area contributed by atoms with Gasteiger partial charge in [0.25, 0.3) is 5.91 Å². The Hall–Kier alpha value is -2.17. The van der Waals surface area contributed by atoms with Gasteiger partial charge in [0.05, 0.1) is 5.69 Å². The highest BCUT2D eigenvalue weighted by molar-refractivity contribution is 6.04. The smallest absolute Gasteiger partial charge is 0.306 e. The van der Waals surface area contributed by atoms with E-state index < -0.39 is 11.9 Å². The summed E-state index contributed by atoms with van der Waals surface area (Å²) in [4.78, 5) is 33.7. The van der Waals surface area contributed by atoms with E-state index in [1.54, 1.807) is 31.2 Å². The Labute approximate surface area is 105 Å². The molecule has 96 valence electrons. The molecule has 0 aliphatic rings. The van der Waals surface area contributed by atoms with Gasteiger partial charge >= 0.3 is 5.97 Å². The number of carbonyl (C=O) groups is 3. The minimum atomic E-state index is -0.467. The molecule has 0 unspecified atom stereocenters. The fraction of sp³-hybridized carbons (Fsp3) is 0.308. The first-order valence-electron chi connectivity index (χ1n) is 5.60. The quantitative estimate of drug-likeness (QED) is 0.637. The van der Waals surface area contributed by atoms with Crippen LogP contribution in [0.25, 0.3) is 0 Å². The summed E-state index contributed by atoms with van der Waals surface area (Å²) in [6, 6.07) is 6.66. The second-order valence-corrected chi connectivity index (χ2v) is 3.66. The second kappa shape index (κ2) is 6.54. The third-order valence-corrected chi connectivity index (χ3v) is 2.23. The molecule has 0 bridgehead atoms. The summed E-state index contributed by atoms with van der Waals surface area (Å²) in [5.74, 6) is -1.05. The molecule has 0 aromatic heterocycles. The van der Waals surface area contributed by atoms with E-state index in [2.05, 4.69) is 10.1 Å². The Morgan fingerprint density at radius 1 is 1.22 bits per heavy atom. The van der Waals surface area contributed by atoms with Crippen molar-refractivity contribution in [3.05, 3.63) is 29.8 Å². The summed E-state index contributed by atoms with van der Waals surface area (Å²) in [6.45, 7) is 2.71. The normalized spacial score (nSPS) is 9.67. The summed E-state index contributed by atoms with van der Waals surface area (Å²) in [6.07, 6.45) is 0.220. The van der Waals surface area contributed by atoms with Gasteiger partial charge in [0.15, 0.2) is 12.4 Å². The molecule has 5 nitrogen and oxygen atoms in total. The number of rotatable bonds is 5. The van der Waals surface area contributed by atoms with Crippen molar-refractivity contribution in [1.82, 2.24) is 0 Å². The van der Waals surface area contributed by atoms with Gasteiger partial charge in [-0.15, -0.1) is 0 Å². The van der Waals surface area contributed by atoms with E-state index in [9.17, 15) is 14.4 Å². The highest BCUT2D eigenvalue weighted by Crippen LogP contribution is 2.15. The first kappa shape index (κ1) is 13.9. The fourth-order valence-corrected chi connectivity index (χ4v) is 1.33. The monoisotopic (exact) mass is 249 g/mol. The maximum atomic E-state index is 11.5. The van der Waals surface area contributed by atoms with Crippen LogP contribution in [0, 0.1) is 0 Å². The zero-order valence-electron chi connectivity index (χ0n) is 10.4. The van der Waals surface area contributed by atoms with Gasteiger partial charge in [0.1, 0.15) is 0 Å². The van der Waals surface area contributed by atoms with Crippen molar-refractivity contribution in [2.45, 2.75) is 20.3 Å². The molecular weight excluding hydrogens is 234 g/mol. The summed E-state index contributed by atoms with van der Waals surface area (Å²) in [7, 11) is 0. The van der Waals surface area contributed by atoms with Crippen LogP contribution in [0.1, 0.15) is 30.6 Å². The lowest BCUT2D eigenvalue weighted by Crippen LogP contribution is -2.21. The third kappa shape index (κ3) is 4.01. The fourth-order valence-electron chi connectivity index (χ4n) is 1.33. The molecule has 0 saturated carbocycles. The molecule has 1 N–H and O–H groups in total. The van der Waals surface area contributed by atoms with Gasteiger partial charge in [-0.1, -0.05) is 19.1 Å². The highest BCUT2D eigenvalue weighted by Gasteiger charge is 2.10. The predicted molar refractivity (Wildman–Crippen MR) is 66.3 cm³/mol. The average Bonchev–Trinajstić information content (AvgIpc) is 2.36. The number of Topliss-reactive ketones (excluding diaryl/α,β-unsaturated/α-hetero) is 1. The number of amides is 1. The first-order valence-corrected chi connectivity index (χ1v) is 5.60. The van der Waals surface area contributed by atoms with Crippen LogP contribution in [0.4, 0.5) is 5.69 Å². The molecule has 0 spiro atoms. The maximum Gasteiger partial charge on any atom is 0.306 e. The molecule has 1 aromatic rings. The van der Waals surface area contributed by atoms with Crippen molar-refractivity contribution in [2.24, 2.45) is 0 Å². The Bertz CT molecular complexity index is 468. The standard InChI is InChI=1S/C13H15NO4/c1-3-13(17)18-8-12(16)14-11-7-5-4-6-10(11)9(2)15/h4-7H,3,8H2,1-2H3,(H,14,16). The number of ether oxygens (including phenoxy) is 1. The largest absolute Gasteiger partial charge is 0.456 e. The Morgan fingerprint density at radius 2 is 1.89 bits per heavy atom. The molecule has 18 heavy (non-hydrogen) atoms. The van der Waals surface area contributed by atoms with Crippen LogP contribution >= 0.6 is 0 Å². The van der Waals surface area contributed by atoms with Crippen LogP contribution in [0.15, 0.2) is 24.3 Å². The lowest BCUT2D eigenvalue weighted by molar-refractivity contribution is -0.146. The summed E-state index contributed by atoms with van der Waals surface area (Å²) < 4.78 is 4.69. The van der Waals surface area contributed by atoms with Gasteiger partial charge in [-0.3, -0.25) is 14.4 Å². The van der Waals surface area contributed by atoms with E-state index in [0.29, 0.717) is 11.3 Å². The highest BCUT2D eigenvalue weighted by atomic mass is 16.5. The molecule has 0 aliphatic carbocycles. The SMILES string of the molecule is CCC(=O)OCC(=O)Nc1ccccc1C(C)=O. The first-order chi connectivity index (χ1) is 8.54. The van der Waals surface area contributed by atoms with E-state index in [1.807, 2.05) is 0 Å². The zero-order chi connectivity index (χ0) is 13.5. The lowest BCUT2D eigenvalue weighted by Gasteiger charge is -2.09. The Balaban J connectivity index is 2.65. The zero-order valence-corrected chi connectivity index (χ0v) is 10.4. The second-order valence-electron chi connectivity index (χ2n) is 3.66. The van der Waals surface area contributed by atoms with Crippen LogP contribution in [-0.2, 0) is 14.3 Å². The van der Waals surface area contributed by atoms with Gasteiger partial charge in [-0.25, -0.2) is 0 Å². The topological polar surface area (TPSA) is 72.5 Å². The van der Waals surface area contributed by atoms with Crippen molar-refractivity contribution in [3.8, 4) is 0 Å². The molecule has 0 heterocycles. The number of carbonyl (C=O) groups excluding carboxylic acids is 3. The molecule has 0 fully saturated rings. The Morgan fingerprint density at radius 3 is 2.50 bits per heavy atom. The van der Waals surface area contributed by atoms with Crippen LogP contribution in [0.3, 0.4) is 0 Å². The lowest BCUT2D eigenvalue weighted by atomic mass is 10.1. The predicted octanol–water partition coefficient (Wildman–Crippen LogP) is 1.78. The van der Waals surface area contributed by atoms with E-state index in [0.717, 1.165) is 0 Å². The maximum absolute atomic E-state index is 11.5. The average molecular weight is 249 g/mol. The summed E-state index contributed by atoms with van der Waals surface area (Å²) in [5.41, 5.74) is 0.843. The molecule has 0 radical (unpaired) electrons. The third-order valence-electron chi connectivity index (χ3n) is 2.23. The van der Waals surface area contributed by atoms with E-state index in [4.69, 9.17) is 0 Å². The van der Waals surface area contributed by atoms with Gasteiger partial charge in [0.2, 0.25) is 0 Å².